The number of carbonyl (C=O) groups is 1. The van der Waals surface area contributed by atoms with Crippen molar-refractivity contribution in [2.24, 2.45) is 0 Å². The number of hydrogen-bond acceptors (Lipinski definition) is 5. The van der Waals surface area contributed by atoms with Gasteiger partial charge in [-0.2, -0.15) is 5.26 Å². The second kappa shape index (κ2) is 8.81. The van der Waals surface area contributed by atoms with Crippen molar-refractivity contribution in [1.82, 2.24) is 15.5 Å². The fourth-order valence-electron chi connectivity index (χ4n) is 2.34. The van der Waals surface area contributed by atoms with Crippen LogP contribution in [0.2, 0.25) is 0 Å². The Bertz CT molecular complexity index is 584. The number of nitrogens with one attached hydrogen (secondary N) is 2. The van der Waals surface area contributed by atoms with Gasteiger partial charge in [-0.05, 0) is 24.1 Å². The van der Waals surface area contributed by atoms with E-state index in [2.05, 4.69) is 10.6 Å². The van der Waals surface area contributed by atoms with Crippen molar-refractivity contribution in [3.63, 3.8) is 0 Å². The van der Waals surface area contributed by atoms with Crippen LogP contribution in [-0.4, -0.2) is 50.6 Å². The molecule has 1 saturated heterocycles. The predicted molar refractivity (Wildman–Crippen MR) is 87.8 cm³/mol. The molecule has 6 nitrogen and oxygen atoms in total. The zero-order valence-corrected chi connectivity index (χ0v) is 13.3. The molecule has 0 radical (unpaired) electrons. The summed E-state index contributed by atoms with van der Waals surface area (Å²) in [5.41, 5.74) is 1.26. The molecule has 1 aliphatic rings. The highest BCUT2D eigenvalue weighted by molar-refractivity contribution is 5.97. The quantitative estimate of drug-likeness (QED) is 0.596. The van der Waals surface area contributed by atoms with E-state index < -0.39 is 0 Å². The molecule has 1 heterocycles. The number of benzene rings is 1. The third-order valence-corrected chi connectivity index (χ3v) is 3.69. The smallest absolute Gasteiger partial charge is 0.263 e. The molecule has 1 aromatic carbocycles. The molecule has 1 aromatic rings. The second-order valence-electron chi connectivity index (χ2n) is 5.29. The van der Waals surface area contributed by atoms with E-state index in [1.807, 2.05) is 35.2 Å². The number of carbonyl (C=O) groups excluding carboxylic acids is 1. The van der Waals surface area contributed by atoms with Crippen molar-refractivity contribution < 1.29 is 9.53 Å². The SMILES string of the molecule is COc1ccc(CCNC(=O)/C(C#N)=C\N2CCNCC2)cc1. The Kier molecular flexibility index (Phi) is 6.45. The first kappa shape index (κ1) is 16.8. The van der Waals surface area contributed by atoms with Crippen molar-refractivity contribution in [2.75, 3.05) is 39.8 Å². The van der Waals surface area contributed by atoms with Gasteiger partial charge in [0.25, 0.3) is 5.91 Å². The number of methoxy groups -OCH3 is 1. The number of hydrogen-bond donors (Lipinski definition) is 2. The lowest BCUT2D eigenvalue weighted by Gasteiger charge is -2.26. The Hall–Kier alpha value is -2.52. The summed E-state index contributed by atoms with van der Waals surface area (Å²) in [6.07, 6.45) is 2.37. The van der Waals surface area contributed by atoms with Gasteiger partial charge in [0.1, 0.15) is 17.4 Å². The van der Waals surface area contributed by atoms with Crippen molar-refractivity contribution in [2.45, 2.75) is 6.42 Å². The largest absolute Gasteiger partial charge is 0.497 e. The van der Waals surface area contributed by atoms with Crippen LogP contribution in [0.3, 0.4) is 0 Å². The molecular weight excluding hydrogens is 292 g/mol. The lowest BCUT2D eigenvalue weighted by Crippen LogP contribution is -2.41. The van der Waals surface area contributed by atoms with Gasteiger partial charge in [-0.15, -0.1) is 0 Å². The Morgan fingerprint density at radius 3 is 2.70 bits per heavy atom. The Morgan fingerprint density at radius 1 is 1.39 bits per heavy atom. The molecule has 2 N–H and O–H groups in total. The third kappa shape index (κ3) is 5.31. The number of amides is 1. The average molecular weight is 314 g/mol. The summed E-state index contributed by atoms with van der Waals surface area (Å²) in [6, 6.07) is 9.70. The third-order valence-electron chi connectivity index (χ3n) is 3.69. The topological polar surface area (TPSA) is 77.4 Å². The van der Waals surface area contributed by atoms with Crippen LogP contribution in [0.1, 0.15) is 5.56 Å². The van der Waals surface area contributed by atoms with E-state index in [0.29, 0.717) is 13.0 Å². The summed E-state index contributed by atoms with van der Waals surface area (Å²) in [7, 11) is 1.63. The van der Waals surface area contributed by atoms with Crippen LogP contribution < -0.4 is 15.4 Å². The molecular formula is C17H22N4O2. The van der Waals surface area contributed by atoms with Gasteiger partial charge in [-0.3, -0.25) is 4.79 Å². The minimum absolute atomic E-state index is 0.154. The molecule has 0 spiro atoms. The van der Waals surface area contributed by atoms with Gasteiger partial charge < -0.3 is 20.3 Å². The van der Waals surface area contributed by atoms with E-state index in [9.17, 15) is 4.79 Å². The molecule has 0 unspecified atom stereocenters. The summed E-state index contributed by atoms with van der Waals surface area (Å²) in [5.74, 6) is 0.489. The Labute approximate surface area is 136 Å². The molecule has 1 amide bonds. The van der Waals surface area contributed by atoms with Gasteiger partial charge in [0.2, 0.25) is 0 Å². The van der Waals surface area contributed by atoms with Crippen LogP contribution >= 0.6 is 0 Å². The van der Waals surface area contributed by atoms with Gasteiger partial charge in [-0.25, -0.2) is 0 Å². The molecule has 6 heteroatoms. The van der Waals surface area contributed by atoms with E-state index in [-0.39, 0.29) is 11.5 Å². The first-order valence-electron chi connectivity index (χ1n) is 7.71. The molecule has 1 fully saturated rings. The zero-order chi connectivity index (χ0) is 16.5. The summed E-state index contributed by atoms with van der Waals surface area (Å²) >= 11 is 0. The van der Waals surface area contributed by atoms with Crippen LogP contribution in [0.25, 0.3) is 0 Å². The lowest BCUT2D eigenvalue weighted by molar-refractivity contribution is -0.117. The van der Waals surface area contributed by atoms with E-state index in [0.717, 1.165) is 37.5 Å². The highest BCUT2D eigenvalue weighted by Gasteiger charge is 2.12. The normalized spacial score (nSPS) is 15.0. The van der Waals surface area contributed by atoms with E-state index in [1.54, 1.807) is 13.3 Å². The first-order chi connectivity index (χ1) is 11.2. The summed E-state index contributed by atoms with van der Waals surface area (Å²) < 4.78 is 5.11. The van der Waals surface area contributed by atoms with Crippen molar-refractivity contribution in [3.8, 4) is 11.8 Å². The lowest BCUT2D eigenvalue weighted by atomic mass is 10.1. The maximum absolute atomic E-state index is 12.1. The number of piperazine rings is 1. The van der Waals surface area contributed by atoms with Gasteiger partial charge in [0, 0.05) is 38.9 Å². The number of nitrogens with zero attached hydrogens (tertiary/aromatic N) is 2. The van der Waals surface area contributed by atoms with Crippen LogP contribution in [-0.2, 0) is 11.2 Å². The summed E-state index contributed by atoms with van der Waals surface area (Å²) in [6.45, 7) is 3.85. The van der Waals surface area contributed by atoms with Gasteiger partial charge in [-0.1, -0.05) is 12.1 Å². The number of nitriles is 1. The maximum Gasteiger partial charge on any atom is 0.263 e. The monoisotopic (exact) mass is 314 g/mol. The summed E-state index contributed by atoms with van der Waals surface area (Å²) in [5, 5.41) is 15.2. The van der Waals surface area contributed by atoms with Crippen molar-refractivity contribution >= 4 is 5.91 Å². The highest BCUT2D eigenvalue weighted by Crippen LogP contribution is 2.11. The molecule has 122 valence electrons. The molecule has 0 saturated carbocycles. The van der Waals surface area contributed by atoms with E-state index >= 15 is 0 Å². The highest BCUT2D eigenvalue weighted by atomic mass is 16.5. The summed E-state index contributed by atoms with van der Waals surface area (Å²) in [4.78, 5) is 14.1. The van der Waals surface area contributed by atoms with Gasteiger partial charge >= 0.3 is 0 Å². The van der Waals surface area contributed by atoms with E-state index in [1.165, 1.54) is 0 Å². The molecule has 0 bridgehead atoms. The molecule has 23 heavy (non-hydrogen) atoms. The van der Waals surface area contributed by atoms with Crippen LogP contribution in [0.5, 0.6) is 5.75 Å². The fraction of sp³-hybridized carbons (Fsp3) is 0.412. The molecule has 0 atom stereocenters. The standard InChI is InChI=1S/C17H22N4O2/c1-23-16-4-2-14(3-5-16)6-7-20-17(22)15(12-18)13-21-10-8-19-9-11-21/h2-5,13,19H,6-11H2,1H3,(H,20,22)/b15-13-. The number of ether oxygens (including phenoxy) is 1. The molecule has 1 aliphatic heterocycles. The molecule has 0 aromatic heterocycles. The average Bonchev–Trinajstić information content (AvgIpc) is 2.61. The van der Waals surface area contributed by atoms with Crippen molar-refractivity contribution in [3.05, 3.63) is 41.6 Å². The first-order valence-corrected chi connectivity index (χ1v) is 7.71. The van der Waals surface area contributed by atoms with Crippen molar-refractivity contribution in [1.29, 1.82) is 5.26 Å². The minimum Gasteiger partial charge on any atom is -0.497 e. The van der Waals surface area contributed by atoms with Crippen LogP contribution in [0, 0.1) is 11.3 Å². The maximum atomic E-state index is 12.1. The second-order valence-corrected chi connectivity index (χ2v) is 5.29. The van der Waals surface area contributed by atoms with Crippen LogP contribution in [0.15, 0.2) is 36.0 Å². The Balaban J connectivity index is 1.82. The Morgan fingerprint density at radius 2 is 2.09 bits per heavy atom. The number of rotatable bonds is 6. The predicted octanol–water partition coefficient (Wildman–Crippen LogP) is 0.667. The molecule has 0 aliphatic carbocycles. The van der Waals surface area contributed by atoms with E-state index in [4.69, 9.17) is 10.00 Å². The zero-order valence-electron chi connectivity index (χ0n) is 13.3. The fourth-order valence-corrected chi connectivity index (χ4v) is 2.34. The minimum atomic E-state index is -0.320. The van der Waals surface area contributed by atoms with Gasteiger partial charge in [0.15, 0.2) is 0 Å². The van der Waals surface area contributed by atoms with Gasteiger partial charge in [0.05, 0.1) is 7.11 Å². The van der Waals surface area contributed by atoms with Crippen LogP contribution in [0.4, 0.5) is 0 Å². The molecule has 2 rings (SSSR count).